The van der Waals surface area contributed by atoms with Crippen molar-refractivity contribution >= 4 is 5.91 Å². The van der Waals surface area contributed by atoms with Crippen molar-refractivity contribution < 1.29 is 9.53 Å². The van der Waals surface area contributed by atoms with Crippen LogP contribution in [0, 0.1) is 5.92 Å². The fourth-order valence-electron chi connectivity index (χ4n) is 2.89. The molecule has 0 atom stereocenters. The summed E-state index contributed by atoms with van der Waals surface area (Å²) in [4.78, 5) is 16.5. The molecule has 5 nitrogen and oxygen atoms in total. The number of nitrogens with zero attached hydrogens (tertiary/aromatic N) is 2. The molecule has 0 saturated carbocycles. The number of hydrogen-bond acceptors (Lipinski definition) is 3. The number of hydrogen-bond donors (Lipinski definition) is 1. The summed E-state index contributed by atoms with van der Waals surface area (Å²) in [7, 11) is 0. The number of nitrogens with one attached hydrogen (secondary N) is 1. The molecule has 5 heteroatoms. The summed E-state index contributed by atoms with van der Waals surface area (Å²) in [6, 6.07) is 10.3. The summed E-state index contributed by atoms with van der Waals surface area (Å²) in [6.45, 7) is 2.82. The van der Waals surface area contributed by atoms with Gasteiger partial charge < -0.3 is 14.6 Å². The number of benzene rings is 1. The first kappa shape index (κ1) is 15.7. The Morgan fingerprint density at radius 3 is 2.83 bits per heavy atom. The van der Waals surface area contributed by atoms with Gasteiger partial charge in [0.2, 0.25) is 5.91 Å². The molecule has 1 fully saturated rings. The van der Waals surface area contributed by atoms with E-state index in [2.05, 4.69) is 27.0 Å². The van der Waals surface area contributed by atoms with Crippen molar-refractivity contribution in [1.82, 2.24) is 14.9 Å². The van der Waals surface area contributed by atoms with Crippen LogP contribution in [0.1, 0.15) is 24.2 Å². The minimum absolute atomic E-state index is 0.104. The molecule has 1 aromatic heterocycles. The highest BCUT2D eigenvalue weighted by Crippen LogP contribution is 2.14. The lowest BCUT2D eigenvalue weighted by Crippen LogP contribution is -2.35. The molecule has 23 heavy (non-hydrogen) atoms. The third-order valence-corrected chi connectivity index (χ3v) is 4.24. The van der Waals surface area contributed by atoms with Crippen molar-refractivity contribution in [2.24, 2.45) is 5.92 Å². The molecule has 0 spiro atoms. The van der Waals surface area contributed by atoms with Gasteiger partial charge in [0.25, 0.3) is 0 Å². The average molecular weight is 313 g/mol. The van der Waals surface area contributed by atoms with Crippen LogP contribution in [-0.2, 0) is 22.5 Å². The normalized spacial score (nSPS) is 15.5. The molecule has 1 aromatic carbocycles. The highest BCUT2D eigenvalue weighted by Gasteiger charge is 2.21. The van der Waals surface area contributed by atoms with Crippen molar-refractivity contribution in [1.29, 1.82) is 0 Å². The first-order valence-corrected chi connectivity index (χ1v) is 8.22. The van der Waals surface area contributed by atoms with E-state index in [1.54, 1.807) is 0 Å². The van der Waals surface area contributed by atoms with Gasteiger partial charge in [-0.1, -0.05) is 30.3 Å². The third kappa shape index (κ3) is 4.42. The number of rotatable bonds is 6. The molecule has 1 amide bonds. The second kappa shape index (κ2) is 7.92. The zero-order valence-corrected chi connectivity index (χ0v) is 13.3. The quantitative estimate of drug-likeness (QED) is 0.887. The first-order valence-electron chi connectivity index (χ1n) is 8.22. The minimum atomic E-state index is 0.104. The fourth-order valence-corrected chi connectivity index (χ4v) is 2.89. The summed E-state index contributed by atoms with van der Waals surface area (Å²) in [5.41, 5.74) is 1.25. The Kier molecular flexibility index (Phi) is 5.42. The number of ether oxygens (including phenoxy) is 1. The van der Waals surface area contributed by atoms with E-state index in [1.807, 2.05) is 30.6 Å². The summed E-state index contributed by atoms with van der Waals surface area (Å²) in [5, 5.41) is 3.03. The molecular weight excluding hydrogens is 290 g/mol. The van der Waals surface area contributed by atoms with Crippen LogP contribution >= 0.6 is 0 Å². The molecule has 2 aromatic rings. The first-order chi connectivity index (χ1) is 11.3. The van der Waals surface area contributed by atoms with E-state index in [9.17, 15) is 4.79 Å². The maximum absolute atomic E-state index is 12.1. The van der Waals surface area contributed by atoms with E-state index in [0.29, 0.717) is 19.8 Å². The van der Waals surface area contributed by atoms with Gasteiger partial charge in [-0.2, -0.15) is 0 Å². The van der Waals surface area contributed by atoms with Crippen LogP contribution in [0.2, 0.25) is 0 Å². The summed E-state index contributed by atoms with van der Waals surface area (Å²) in [5.74, 6) is 1.25. The number of carbonyl (C=O) groups is 1. The van der Waals surface area contributed by atoms with Crippen molar-refractivity contribution in [2.75, 3.05) is 19.8 Å². The second-order valence-electron chi connectivity index (χ2n) is 5.88. The van der Waals surface area contributed by atoms with E-state index in [-0.39, 0.29) is 11.8 Å². The largest absolute Gasteiger partial charge is 0.381 e. The average Bonchev–Trinajstić information content (AvgIpc) is 3.03. The molecule has 3 rings (SSSR count). The number of aromatic nitrogens is 2. The Labute approximate surface area is 136 Å². The van der Waals surface area contributed by atoms with E-state index in [0.717, 1.165) is 31.6 Å². The van der Waals surface area contributed by atoms with Crippen molar-refractivity contribution in [2.45, 2.75) is 25.8 Å². The second-order valence-corrected chi connectivity index (χ2v) is 5.88. The highest BCUT2D eigenvalue weighted by atomic mass is 16.5. The van der Waals surface area contributed by atoms with Crippen LogP contribution in [0.25, 0.3) is 0 Å². The van der Waals surface area contributed by atoms with E-state index >= 15 is 0 Å². The van der Waals surface area contributed by atoms with Crippen molar-refractivity contribution in [3.05, 3.63) is 54.1 Å². The van der Waals surface area contributed by atoms with Crippen LogP contribution in [0.4, 0.5) is 0 Å². The van der Waals surface area contributed by atoms with Gasteiger partial charge in [-0.15, -0.1) is 0 Å². The summed E-state index contributed by atoms with van der Waals surface area (Å²) in [6.07, 6.45) is 6.21. The number of imidazole rings is 1. The van der Waals surface area contributed by atoms with Crippen LogP contribution in [-0.4, -0.2) is 35.2 Å². The lowest BCUT2D eigenvalue weighted by Gasteiger charge is -2.21. The van der Waals surface area contributed by atoms with Crippen LogP contribution < -0.4 is 5.32 Å². The van der Waals surface area contributed by atoms with Gasteiger partial charge in [0, 0.05) is 51.0 Å². The molecule has 2 heterocycles. The van der Waals surface area contributed by atoms with Gasteiger partial charge in [0.15, 0.2) is 0 Å². The maximum Gasteiger partial charge on any atom is 0.223 e. The Bertz CT molecular complexity index is 618. The van der Waals surface area contributed by atoms with Crippen LogP contribution in [0.3, 0.4) is 0 Å². The monoisotopic (exact) mass is 313 g/mol. The van der Waals surface area contributed by atoms with Crippen molar-refractivity contribution in [3.8, 4) is 0 Å². The molecule has 0 bridgehead atoms. The Morgan fingerprint density at radius 1 is 1.26 bits per heavy atom. The molecule has 0 radical (unpaired) electrons. The fraction of sp³-hybridized carbons (Fsp3) is 0.444. The van der Waals surface area contributed by atoms with Gasteiger partial charge in [0.1, 0.15) is 5.82 Å². The van der Waals surface area contributed by atoms with E-state index in [1.165, 1.54) is 5.56 Å². The van der Waals surface area contributed by atoms with Gasteiger partial charge in [-0.3, -0.25) is 4.79 Å². The summed E-state index contributed by atoms with van der Waals surface area (Å²) < 4.78 is 7.43. The topological polar surface area (TPSA) is 56.2 Å². The molecule has 0 aliphatic carbocycles. The van der Waals surface area contributed by atoms with Gasteiger partial charge in [0.05, 0.1) is 0 Å². The van der Waals surface area contributed by atoms with E-state index in [4.69, 9.17) is 4.74 Å². The predicted molar refractivity (Wildman–Crippen MR) is 88.0 cm³/mol. The molecule has 1 N–H and O–H groups in total. The zero-order chi connectivity index (χ0) is 15.9. The Hall–Kier alpha value is -2.14. The molecule has 122 valence electrons. The third-order valence-electron chi connectivity index (χ3n) is 4.24. The van der Waals surface area contributed by atoms with Gasteiger partial charge >= 0.3 is 0 Å². The molecular formula is C18H23N3O2. The molecule has 1 saturated heterocycles. The molecule has 1 aliphatic heterocycles. The van der Waals surface area contributed by atoms with Gasteiger partial charge in [-0.05, 0) is 18.4 Å². The summed E-state index contributed by atoms with van der Waals surface area (Å²) >= 11 is 0. The maximum atomic E-state index is 12.1. The van der Waals surface area contributed by atoms with Crippen LogP contribution in [0.5, 0.6) is 0 Å². The molecule has 0 unspecified atom stereocenters. The van der Waals surface area contributed by atoms with Crippen molar-refractivity contribution in [3.63, 3.8) is 0 Å². The number of carbonyl (C=O) groups excluding carboxylic acids is 1. The Balaban J connectivity index is 1.49. The molecule has 1 aliphatic rings. The standard InChI is InChI=1S/C18H23N3O2/c22-18(16-7-12-23-13-8-16)20-9-6-17-19-10-11-21(17)14-15-4-2-1-3-5-15/h1-5,10-11,16H,6-9,12-14H2,(H,20,22). The lowest BCUT2D eigenvalue weighted by molar-refractivity contribution is -0.127. The zero-order valence-electron chi connectivity index (χ0n) is 13.3. The Morgan fingerprint density at radius 2 is 2.04 bits per heavy atom. The minimum Gasteiger partial charge on any atom is -0.381 e. The van der Waals surface area contributed by atoms with E-state index < -0.39 is 0 Å². The lowest BCUT2D eigenvalue weighted by atomic mass is 9.99. The van der Waals surface area contributed by atoms with Crippen LogP contribution in [0.15, 0.2) is 42.7 Å². The van der Waals surface area contributed by atoms with Gasteiger partial charge in [-0.25, -0.2) is 4.98 Å². The smallest absolute Gasteiger partial charge is 0.223 e. The predicted octanol–water partition coefficient (Wildman–Crippen LogP) is 2.02. The highest BCUT2D eigenvalue weighted by molar-refractivity contribution is 5.78. The number of amides is 1. The SMILES string of the molecule is O=C(NCCc1nccn1Cc1ccccc1)C1CCOCC1.